The number of hydrogen-bond donors (Lipinski definition) is 2. The van der Waals surface area contributed by atoms with Crippen LogP contribution in [0.4, 0.5) is 5.69 Å². The van der Waals surface area contributed by atoms with Crippen molar-refractivity contribution in [2.75, 3.05) is 25.8 Å². The van der Waals surface area contributed by atoms with Crippen molar-refractivity contribution in [3.8, 4) is 17.2 Å². The Morgan fingerprint density at radius 3 is 2.96 bits per heavy atom. The van der Waals surface area contributed by atoms with Gasteiger partial charge in [0.15, 0.2) is 11.5 Å². The molecule has 24 heavy (non-hydrogen) atoms. The average Bonchev–Trinajstić information content (AvgIpc) is 3.08. The molecule has 0 saturated heterocycles. The first-order valence-electron chi connectivity index (χ1n) is 7.35. The van der Waals surface area contributed by atoms with Crippen LogP contribution in [-0.4, -0.2) is 32.6 Å². The van der Waals surface area contributed by atoms with Crippen molar-refractivity contribution >= 4 is 17.8 Å². The number of hydrogen-bond acceptors (Lipinski definition) is 6. The van der Waals surface area contributed by atoms with Gasteiger partial charge in [0.2, 0.25) is 6.79 Å². The number of nitrogens with one attached hydrogen (secondary N) is 2. The van der Waals surface area contributed by atoms with Gasteiger partial charge in [-0.3, -0.25) is 4.79 Å². The van der Waals surface area contributed by atoms with E-state index in [1.807, 2.05) is 30.3 Å². The lowest BCUT2D eigenvalue weighted by atomic mass is 10.2. The summed E-state index contributed by atoms with van der Waals surface area (Å²) in [6.07, 6.45) is 1.54. The molecule has 0 radical (unpaired) electrons. The second-order valence-corrected chi connectivity index (χ2v) is 4.96. The molecule has 1 amide bonds. The number of nitrogens with zero attached hydrogens (tertiary/aromatic N) is 1. The number of carbonyl (C=O) groups is 1. The Balaban J connectivity index is 1.50. The molecule has 0 bridgehead atoms. The summed E-state index contributed by atoms with van der Waals surface area (Å²) in [5, 5.41) is 6.93. The van der Waals surface area contributed by atoms with Crippen molar-refractivity contribution in [2.24, 2.45) is 5.10 Å². The summed E-state index contributed by atoms with van der Waals surface area (Å²) in [7, 11) is 1.58. The molecular weight excluding hydrogens is 310 g/mol. The Morgan fingerprint density at radius 2 is 2.08 bits per heavy atom. The molecule has 0 fully saturated rings. The Labute approximate surface area is 139 Å². The van der Waals surface area contributed by atoms with Gasteiger partial charge in [0, 0.05) is 0 Å². The molecule has 7 heteroatoms. The van der Waals surface area contributed by atoms with Gasteiger partial charge in [0.05, 0.1) is 25.6 Å². The quantitative estimate of drug-likeness (QED) is 0.626. The fraction of sp³-hybridized carbons (Fsp3) is 0.176. The van der Waals surface area contributed by atoms with Crippen LogP contribution in [0.1, 0.15) is 5.56 Å². The van der Waals surface area contributed by atoms with Crippen LogP contribution < -0.4 is 25.0 Å². The van der Waals surface area contributed by atoms with E-state index in [0.29, 0.717) is 17.2 Å². The van der Waals surface area contributed by atoms with Crippen LogP contribution in [0, 0.1) is 0 Å². The molecule has 0 atom stereocenters. The predicted molar refractivity (Wildman–Crippen MR) is 89.8 cm³/mol. The first kappa shape index (κ1) is 15.7. The molecule has 1 heterocycles. The maximum Gasteiger partial charge on any atom is 0.259 e. The van der Waals surface area contributed by atoms with Gasteiger partial charge in [-0.1, -0.05) is 12.1 Å². The Hall–Kier alpha value is -3.22. The molecule has 1 aliphatic rings. The third kappa shape index (κ3) is 3.75. The van der Waals surface area contributed by atoms with Gasteiger partial charge in [-0.25, -0.2) is 5.43 Å². The highest BCUT2D eigenvalue weighted by Crippen LogP contribution is 2.31. The third-order valence-corrected chi connectivity index (χ3v) is 3.35. The standard InChI is InChI=1S/C17H17N3O4/c1-22-14-5-3-2-4-13(14)18-10-17(21)20-19-9-12-6-7-15-16(8-12)24-11-23-15/h2-9,18H,10-11H2,1H3,(H,20,21). The van der Waals surface area contributed by atoms with E-state index in [2.05, 4.69) is 15.8 Å². The molecule has 2 N–H and O–H groups in total. The monoisotopic (exact) mass is 327 g/mol. The highest BCUT2D eigenvalue weighted by Gasteiger charge is 2.12. The number of amides is 1. The molecule has 0 unspecified atom stereocenters. The molecule has 3 rings (SSSR count). The number of fused-ring (bicyclic) bond motifs is 1. The van der Waals surface area contributed by atoms with Crippen molar-refractivity contribution < 1.29 is 19.0 Å². The minimum atomic E-state index is -0.266. The highest BCUT2D eigenvalue weighted by molar-refractivity contribution is 5.85. The van der Waals surface area contributed by atoms with Crippen LogP contribution in [0.2, 0.25) is 0 Å². The van der Waals surface area contributed by atoms with Crippen LogP contribution >= 0.6 is 0 Å². The normalized spacial score (nSPS) is 12.2. The summed E-state index contributed by atoms with van der Waals surface area (Å²) in [6.45, 7) is 0.306. The average molecular weight is 327 g/mol. The van der Waals surface area contributed by atoms with Crippen LogP contribution in [0.25, 0.3) is 0 Å². The van der Waals surface area contributed by atoms with Crippen molar-refractivity contribution in [1.29, 1.82) is 0 Å². The Morgan fingerprint density at radius 1 is 1.25 bits per heavy atom. The molecule has 0 aromatic heterocycles. The van der Waals surface area contributed by atoms with E-state index in [-0.39, 0.29) is 19.2 Å². The largest absolute Gasteiger partial charge is 0.495 e. The van der Waals surface area contributed by atoms with Crippen LogP contribution in [0.5, 0.6) is 17.2 Å². The third-order valence-electron chi connectivity index (χ3n) is 3.35. The summed E-state index contributed by atoms with van der Waals surface area (Å²) in [5.41, 5.74) is 4.01. The van der Waals surface area contributed by atoms with Crippen molar-refractivity contribution in [1.82, 2.24) is 5.43 Å². The van der Waals surface area contributed by atoms with Crippen LogP contribution in [0.15, 0.2) is 47.6 Å². The zero-order valence-electron chi connectivity index (χ0n) is 13.1. The summed E-state index contributed by atoms with van der Waals surface area (Å²) >= 11 is 0. The Kier molecular flexibility index (Phi) is 4.81. The van der Waals surface area contributed by atoms with E-state index in [1.165, 1.54) is 0 Å². The number of para-hydroxylation sites is 2. The summed E-state index contributed by atoms with van der Waals surface area (Å²) in [5.74, 6) is 1.78. The SMILES string of the molecule is COc1ccccc1NCC(=O)NN=Cc1ccc2c(c1)OCO2. The highest BCUT2D eigenvalue weighted by atomic mass is 16.7. The number of hydrazone groups is 1. The smallest absolute Gasteiger partial charge is 0.259 e. The molecule has 0 saturated carbocycles. The van der Waals surface area contributed by atoms with E-state index >= 15 is 0 Å². The zero-order chi connectivity index (χ0) is 16.8. The van der Waals surface area contributed by atoms with Gasteiger partial charge in [0.25, 0.3) is 5.91 Å². The number of anilines is 1. The van der Waals surface area contributed by atoms with E-state index in [4.69, 9.17) is 14.2 Å². The lowest BCUT2D eigenvalue weighted by molar-refractivity contribution is -0.119. The number of benzene rings is 2. The molecule has 2 aromatic carbocycles. The van der Waals surface area contributed by atoms with Gasteiger partial charge in [0.1, 0.15) is 5.75 Å². The molecule has 0 aliphatic carbocycles. The number of ether oxygens (including phenoxy) is 3. The minimum absolute atomic E-state index is 0.0822. The molecule has 2 aromatic rings. The maximum atomic E-state index is 11.8. The van der Waals surface area contributed by atoms with E-state index in [9.17, 15) is 4.79 Å². The number of carbonyl (C=O) groups excluding carboxylic acids is 1. The fourth-order valence-corrected chi connectivity index (χ4v) is 2.18. The molecule has 1 aliphatic heterocycles. The molecule has 7 nitrogen and oxygen atoms in total. The van der Waals surface area contributed by atoms with Gasteiger partial charge >= 0.3 is 0 Å². The van der Waals surface area contributed by atoms with Crippen molar-refractivity contribution in [2.45, 2.75) is 0 Å². The first-order valence-corrected chi connectivity index (χ1v) is 7.35. The van der Waals surface area contributed by atoms with E-state index in [1.54, 1.807) is 25.5 Å². The second kappa shape index (κ2) is 7.36. The second-order valence-electron chi connectivity index (χ2n) is 4.96. The fourth-order valence-electron chi connectivity index (χ4n) is 2.18. The van der Waals surface area contributed by atoms with E-state index < -0.39 is 0 Å². The topological polar surface area (TPSA) is 81.2 Å². The lowest BCUT2D eigenvalue weighted by Crippen LogP contribution is -2.26. The van der Waals surface area contributed by atoms with Gasteiger partial charge in [-0.05, 0) is 35.9 Å². The zero-order valence-corrected chi connectivity index (χ0v) is 13.1. The van der Waals surface area contributed by atoms with Gasteiger partial charge in [-0.2, -0.15) is 5.10 Å². The summed E-state index contributed by atoms with van der Waals surface area (Å²) < 4.78 is 15.7. The molecule has 0 spiro atoms. The maximum absolute atomic E-state index is 11.8. The van der Waals surface area contributed by atoms with Crippen molar-refractivity contribution in [3.63, 3.8) is 0 Å². The predicted octanol–water partition coefficient (Wildman–Crippen LogP) is 1.99. The minimum Gasteiger partial charge on any atom is -0.495 e. The van der Waals surface area contributed by atoms with Crippen molar-refractivity contribution in [3.05, 3.63) is 48.0 Å². The number of rotatable bonds is 6. The van der Waals surface area contributed by atoms with E-state index in [0.717, 1.165) is 11.3 Å². The molecular formula is C17H17N3O4. The first-order chi connectivity index (χ1) is 11.8. The number of methoxy groups -OCH3 is 1. The Bertz CT molecular complexity index is 761. The lowest BCUT2D eigenvalue weighted by Gasteiger charge is -2.09. The summed E-state index contributed by atoms with van der Waals surface area (Å²) in [6, 6.07) is 12.8. The van der Waals surface area contributed by atoms with Gasteiger partial charge in [-0.15, -0.1) is 0 Å². The molecule has 124 valence electrons. The van der Waals surface area contributed by atoms with Crippen LogP contribution in [0.3, 0.4) is 0 Å². The summed E-state index contributed by atoms with van der Waals surface area (Å²) in [4.78, 5) is 11.8. The van der Waals surface area contributed by atoms with Crippen LogP contribution in [-0.2, 0) is 4.79 Å². The van der Waals surface area contributed by atoms with Gasteiger partial charge < -0.3 is 19.5 Å².